The third kappa shape index (κ3) is 3.80. The molecule has 7 heteroatoms. The second-order valence-corrected chi connectivity index (χ2v) is 7.54. The van der Waals surface area contributed by atoms with Crippen LogP contribution in [0.15, 0.2) is 48.5 Å². The molecule has 0 aliphatic carbocycles. The second-order valence-electron chi connectivity index (χ2n) is 7.54. The van der Waals surface area contributed by atoms with Gasteiger partial charge < -0.3 is 9.64 Å². The van der Waals surface area contributed by atoms with Crippen molar-refractivity contribution in [2.75, 3.05) is 24.5 Å². The van der Waals surface area contributed by atoms with Crippen molar-refractivity contribution >= 4 is 11.4 Å². The van der Waals surface area contributed by atoms with Crippen LogP contribution >= 0.6 is 0 Å². The summed E-state index contributed by atoms with van der Waals surface area (Å²) in [5, 5.41) is 10.9. The molecule has 2 aromatic carbocycles. The molecule has 2 saturated heterocycles. The summed E-state index contributed by atoms with van der Waals surface area (Å²) in [5.41, 5.74) is 1.15. The minimum atomic E-state index is -0.368. The van der Waals surface area contributed by atoms with Crippen LogP contribution in [0.25, 0.3) is 0 Å². The summed E-state index contributed by atoms with van der Waals surface area (Å²) in [5.74, 6) is 0.453. The van der Waals surface area contributed by atoms with Crippen LogP contribution in [0.2, 0.25) is 0 Å². The van der Waals surface area contributed by atoms with Gasteiger partial charge in [0.05, 0.1) is 4.92 Å². The molecule has 2 heterocycles. The number of hydrogen-bond donors (Lipinski definition) is 0. The van der Waals surface area contributed by atoms with Crippen LogP contribution in [0.5, 0.6) is 5.75 Å². The standard InChI is InChI=1S/C21H24FN3O3/c1-15-21-11-10-20(28-19-8-2-16(22)3-9-19)14-23(21)12-13-24(15)17-4-6-18(7-5-17)25(26)27/h2-9,15,20-21H,10-14H2,1H3/t15?,20-,21+/m1/s1. The van der Waals surface area contributed by atoms with E-state index in [0.717, 1.165) is 38.2 Å². The number of hydrogen-bond acceptors (Lipinski definition) is 5. The summed E-state index contributed by atoms with van der Waals surface area (Å²) < 4.78 is 19.1. The number of piperidine rings is 1. The molecule has 0 amide bonds. The van der Waals surface area contributed by atoms with Gasteiger partial charge in [-0.1, -0.05) is 0 Å². The predicted molar refractivity (Wildman–Crippen MR) is 105 cm³/mol. The number of anilines is 1. The van der Waals surface area contributed by atoms with E-state index in [4.69, 9.17) is 4.74 Å². The van der Waals surface area contributed by atoms with Crippen molar-refractivity contribution in [2.24, 2.45) is 0 Å². The fraction of sp³-hybridized carbons (Fsp3) is 0.429. The number of benzene rings is 2. The van der Waals surface area contributed by atoms with Crippen LogP contribution in [0.4, 0.5) is 15.8 Å². The van der Waals surface area contributed by atoms with Crippen molar-refractivity contribution in [3.63, 3.8) is 0 Å². The van der Waals surface area contributed by atoms with Gasteiger partial charge in [-0.05, 0) is 56.2 Å². The minimum Gasteiger partial charge on any atom is -0.489 e. The van der Waals surface area contributed by atoms with Gasteiger partial charge in [0.25, 0.3) is 5.69 Å². The first-order valence-corrected chi connectivity index (χ1v) is 9.68. The van der Waals surface area contributed by atoms with Crippen molar-refractivity contribution in [3.05, 3.63) is 64.5 Å². The number of nitro benzene ring substituents is 1. The molecule has 6 nitrogen and oxygen atoms in total. The molecular weight excluding hydrogens is 361 g/mol. The number of piperazine rings is 1. The molecule has 0 N–H and O–H groups in total. The Kier molecular flexibility index (Phi) is 5.17. The molecule has 0 aromatic heterocycles. The van der Waals surface area contributed by atoms with E-state index in [1.807, 2.05) is 12.1 Å². The molecule has 4 rings (SSSR count). The average Bonchev–Trinajstić information content (AvgIpc) is 2.70. The highest BCUT2D eigenvalue weighted by atomic mass is 19.1. The molecule has 28 heavy (non-hydrogen) atoms. The van der Waals surface area contributed by atoms with E-state index < -0.39 is 0 Å². The number of non-ortho nitro benzene ring substituents is 1. The topological polar surface area (TPSA) is 58.8 Å². The molecule has 2 aliphatic heterocycles. The molecule has 2 aliphatic rings. The SMILES string of the molecule is CC1[C@@H]2CC[C@@H](Oc3ccc(F)cc3)CN2CCN1c1ccc([N+](=O)[O-])cc1. The van der Waals surface area contributed by atoms with Gasteiger partial charge in [-0.25, -0.2) is 4.39 Å². The summed E-state index contributed by atoms with van der Waals surface area (Å²) in [7, 11) is 0. The first kappa shape index (κ1) is 18.7. The van der Waals surface area contributed by atoms with E-state index in [-0.39, 0.29) is 22.5 Å². The summed E-state index contributed by atoms with van der Waals surface area (Å²) in [6.45, 7) is 4.88. The normalized spacial score (nSPS) is 25.2. The maximum atomic E-state index is 13.1. The van der Waals surface area contributed by atoms with Crippen molar-refractivity contribution < 1.29 is 14.1 Å². The molecule has 0 bridgehead atoms. The number of nitro groups is 1. The summed E-state index contributed by atoms with van der Waals surface area (Å²) in [6.07, 6.45) is 2.09. The number of nitrogens with zero attached hydrogens (tertiary/aromatic N) is 3. The van der Waals surface area contributed by atoms with Crippen molar-refractivity contribution in [3.8, 4) is 5.75 Å². The lowest BCUT2D eigenvalue weighted by Crippen LogP contribution is -2.62. The zero-order chi connectivity index (χ0) is 19.7. The molecular formula is C21H24FN3O3. The Morgan fingerprint density at radius 3 is 2.46 bits per heavy atom. The van der Waals surface area contributed by atoms with Crippen LogP contribution in [0, 0.1) is 15.9 Å². The Labute approximate surface area is 163 Å². The van der Waals surface area contributed by atoms with E-state index in [2.05, 4.69) is 16.7 Å². The van der Waals surface area contributed by atoms with Gasteiger partial charge in [0, 0.05) is 49.5 Å². The summed E-state index contributed by atoms with van der Waals surface area (Å²) in [6, 6.07) is 13.8. The lowest BCUT2D eigenvalue weighted by Gasteiger charge is -2.51. The fourth-order valence-electron chi connectivity index (χ4n) is 4.41. The van der Waals surface area contributed by atoms with Crippen LogP contribution in [0.1, 0.15) is 19.8 Å². The lowest BCUT2D eigenvalue weighted by molar-refractivity contribution is -0.384. The monoisotopic (exact) mass is 385 g/mol. The smallest absolute Gasteiger partial charge is 0.269 e. The molecule has 2 fully saturated rings. The summed E-state index contributed by atoms with van der Waals surface area (Å²) >= 11 is 0. The molecule has 3 atom stereocenters. The highest BCUT2D eigenvalue weighted by Gasteiger charge is 2.38. The van der Waals surface area contributed by atoms with Crippen LogP contribution in [-0.4, -0.2) is 47.6 Å². The number of halogens is 1. The Morgan fingerprint density at radius 2 is 1.79 bits per heavy atom. The Balaban J connectivity index is 1.39. The maximum absolute atomic E-state index is 13.1. The molecule has 148 valence electrons. The highest BCUT2D eigenvalue weighted by molar-refractivity contribution is 5.52. The second kappa shape index (κ2) is 7.75. The number of rotatable bonds is 4. The van der Waals surface area contributed by atoms with E-state index in [1.165, 1.54) is 12.1 Å². The molecule has 2 aromatic rings. The van der Waals surface area contributed by atoms with Gasteiger partial charge >= 0.3 is 0 Å². The third-order valence-electron chi connectivity index (χ3n) is 5.88. The average molecular weight is 385 g/mol. The third-order valence-corrected chi connectivity index (χ3v) is 5.88. The highest BCUT2D eigenvalue weighted by Crippen LogP contribution is 2.32. The molecule has 0 radical (unpaired) electrons. The Bertz CT molecular complexity index is 828. The van der Waals surface area contributed by atoms with Crippen LogP contribution < -0.4 is 9.64 Å². The van der Waals surface area contributed by atoms with Gasteiger partial charge in [0.1, 0.15) is 17.7 Å². The van der Waals surface area contributed by atoms with Crippen molar-refractivity contribution in [1.29, 1.82) is 0 Å². The van der Waals surface area contributed by atoms with Gasteiger partial charge in [0.15, 0.2) is 0 Å². The van der Waals surface area contributed by atoms with Crippen LogP contribution in [0.3, 0.4) is 0 Å². The number of fused-ring (bicyclic) bond motifs is 1. The zero-order valence-corrected chi connectivity index (χ0v) is 15.8. The van der Waals surface area contributed by atoms with Crippen LogP contribution in [-0.2, 0) is 0 Å². The van der Waals surface area contributed by atoms with E-state index in [1.54, 1.807) is 24.3 Å². The molecule has 1 unspecified atom stereocenters. The van der Waals surface area contributed by atoms with E-state index in [9.17, 15) is 14.5 Å². The van der Waals surface area contributed by atoms with Gasteiger partial charge in [-0.3, -0.25) is 15.0 Å². The molecule has 0 spiro atoms. The quantitative estimate of drug-likeness (QED) is 0.591. The van der Waals surface area contributed by atoms with E-state index in [0.29, 0.717) is 17.8 Å². The maximum Gasteiger partial charge on any atom is 0.269 e. The minimum absolute atomic E-state index is 0.111. The van der Waals surface area contributed by atoms with Crippen molar-refractivity contribution in [2.45, 2.75) is 38.0 Å². The fourth-order valence-corrected chi connectivity index (χ4v) is 4.41. The first-order valence-electron chi connectivity index (χ1n) is 9.68. The van der Waals surface area contributed by atoms with Gasteiger partial charge in [-0.15, -0.1) is 0 Å². The zero-order valence-electron chi connectivity index (χ0n) is 15.8. The Hall–Kier alpha value is -2.67. The largest absolute Gasteiger partial charge is 0.489 e. The van der Waals surface area contributed by atoms with Gasteiger partial charge in [0.2, 0.25) is 0 Å². The molecule has 0 saturated carbocycles. The van der Waals surface area contributed by atoms with Crippen molar-refractivity contribution in [1.82, 2.24) is 4.90 Å². The lowest BCUT2D eigenvalue weighted by atomic mass is 9.91. The van der Waals surface area contributed by atoms with E-state index >= 15 is 0 Å². The Morgan fingerprint density at radius 1 is 1.07 bits per heavy atom. The van der Waals surface area contributed by atoms with Gasteiger partial charge in [-0.2, -0.15) is 0 Å². The predicted octanol–water partition coefficient (Wildman–Crippen LogP) is 3.85. The number of ether oxygens (including phenoxy) is 1. The summed E-state index contributed by atoms with van der Waals surface area (Å²) in [4.78, 5) is 15.3. The first-order chi connectivity index (χ1) is 13.5.